The van der Waals surface area contributed by atoms with Gasteiger partial charge in [0.2, 0.25) is 0 Å². The van der Waals surface area contributed by atoms with Crippen LogP contribution in [0, 0.1) is 6.92 Å². The van der Waals surface area contributed by atoms with E-state index in [1.54, 1.807) is 23.7 Å². The number of thiophene rings is 1. The van der Waals surface area contributed by atoms with Gasteiger partial charge in [-0.25, -0.2) is 15.0 Å². The normalized spacial score (nSPS) is 11.5. The van der Waals surface area contributed by atoms with Crippen molar-refractivity contribution in [3.05, 3.63) is 65.4 Å². The van der Waals surface area contributed by atoms with Crippen molar-refractivity contribution in [1.29, 1.82) is 0 Å². The van der Waals surface area contributed by atoms with Crippen LogP contribution in [0.25, 0.3) is 56.0 Å². The first-order chi connectivity index (χ1) is 14.8. The molecule has 8 heteroatoms. The zero-order valence-electron chi connectivity index (χ0n) is 15.9. The molecule has 30 heavy (non-hydrogen) atoms. The summed E-state index contributed by atoms with van der Waals surface area (Å²) in [5, 5.41) is 12.6. The number of nitrogens with zero attached hydrogens (tertiary/aromatic N) is 5. The van der Waals surface area contributed by atoms with Crippen molar-refractivity contribution in [2.75, 3.05) is 0 Å². The van der Waals surface area contributed by atoms with Gasteiger partial charge in [0.1, 0.15) is 11.2 Å². The topological polar surface area (TPSA) is 96.0 Å². The average Bonchev–Trinajstić information content (AvgIpc) is 3.51. The molecule has 6 heterocycles. The molecule has 0 spiro atoms. The second-order valence-corrected chi connectivity index (χ2v) is 7.82. The van der Waals surface area contributed by atoms with Gasteiger partial charge < -0.3 is 4.98 Å². The summed E-state index contributed by atoms with van der Waals surface area (Å²) in [5.41, 5.74) is 8.35. The number of pyridine rings is 3. The summed E-state index contributed by atoms with van der Waals surface area (Å²) >= 11 is 1.66. The number of hydrogen-bond acceptors (Lipinski definition) is 6. The van der Waals surface area contributed by atoms with Gasteiger partial charge in [0.25, 0.3) is 0 Å². The second-order valence-electron chi connectivity index (χ2n) is 7.04. The number of fused-ring (bicyclic) bond motifs is 2. The zero-order valence-corrected chi connectivity index (χ0v) is 16.7. The lowest BCUT2D eigenvalue weighted by molar-refractivity contribution is 1.09. The van der Waals surface area contributed by atoms with Gasteiger partial charge >= 0.3 is 0 Å². The van der Waals surface area contributed by atoms with Crippen LogP contribution in [0.1, 0.15) is 5.56 Å². The fourth-order valence-electron chi connectivity index (χ4n) is 3.67. The van der Waals surface area contributed by atoms with Crippen LogP contribution in [0.5, 0.6) is 0 Å². The monoisotopic (exact) mass is 409 g/mol. The molecular weight excluding hydrogens is 394 g/mol. The molecule has 0 aliphatic rings. The molecule has 0 saturated carbocycles. The van der Waals surface area contributed by atoms with Gasteiger partial charge in [-0.05, 0) is 53.1 Å². The highest BCUT2D eigenvalue weighted by Crippen LogP contribution is 2.32. The highest BCUT2D eigenvalue weighted by atomic mass is 32.1. The molecule has 0 radical (unpaired) electrons. The van der Waals surface area contributed by atoms with Crippen molar-refractivity contribution in [2.24, 2.45) is 0 Å². The summed E-state index contributed by atoms with van der Waals surface area (Å²) in [6.07, 6.45) is 7.28. The van der Waals surface area contributed by atoms with Crippen LogP contribution in [0.3, 0.4) is 0 Å². The molecule has 6 aromatic heterocycles. The largest absolute Gasteiger partial charge is 0.321 e. The highest BCUT2D eigenvalue weighted by molar-refractivity contribution is 7.08. The zero-order chi connectivity index (χ0) is 20.1. The SMILES string of the molecule is Cc1ccncc1-c1cnc2[nH]nc(-c3nc4c(-c5ccsc5)ccnc4[nH]3)c2c1. The van der Waals surface area contributed by atoms with Crippen molar-refractivity contribution in [2.45, 2.75) is 6.92 Å². The molecule has 0 aromatic carbocycles. The number of hydrogen-bond donors (Lipinski definition) is 2. The minimum atomic E-state index is 0.660. The molecule has 2 N–H and O–H groups in total. The Balaban J connectivity index is 1.53. The maximum atomic E-state index is 4.85. The Bertz CT molecular complexity index is 1510. The van der Waals surface area contributed by atoms with Crippen LogP contribution < -0.4 is 0 Å². The molecule has 0 amide bonds. The van der Waals surface area contributed by atoms with Crippen molar-refractivity contribution in [3.8, 4) is 33.8 Å². The molecule has 144 valence electrons. The van der Waals surface area contributed by atoms with E-state index < -0.39 is 0 Å². The third-order valence-corrected chi connectivity index (χ3v) is 5.89. The third kappa shape index (κ3) is 2.61. The fourth-order valence-corrected chi connectivity index (χ4v) is 4.33. The van der Waals surface area contributed by atoms with E-state index in [9.17, 15) is 0 Å². The predicted molar refractivity (Wildman–Crippen MR) is 118 cm³/mol. The van der Waals surface area contributed by atoms with Gasteiger partial charge in [-0.1, -0.05) is 0 Å². The predicted octanol–water partition coefficient (Wildman–Crippen LogP) is 5.00. The van der Waals surface area contributed by atoms with E-state index in [1.165, 1.54) is 0 Å². The van der Waals surface area contributed by atoms with E-state index >= 15 is 0 Å². The Kier molecular flexibility index (Phi) is 3.72. The number of nitrogens with one attached hydrogen (secondary N) is 2. The first kappa shape index (κ1) is 17.0. The molecule has 6 rings (SSSR count). The van der Waals surface area contributed by atoms with Crippen molar-refractivity contribution < 1.29 is 0 Å². The Labute approximate surface area is 174 Å². The smallest absolute Gasteiger partial charge is 0.161 e. The summed E-state index contributed by atoms with van der Waals surface area (Å²) in [5.74, 6) is 0.660. The maximum absolute atomic E-state index is 4.85. The van der Waals surface area contributed by atoms with Gasteiger partial charge in [-0.15, -0.1) is 0 Å². The maximum Gasteiger partial charge on any atom is 0.161 e. The summed E-state index contributed by atoms with van der Waals surface area (Å²) in [7, 11) is 0. The van der Waals surface area contributed by atoms with Crippen molar-refractivity contribution in [1.82, 2.24) is 35.1 Å². The summed E-state index contributed by atoms with van der Waals surface area (Å²) in [6.45, 7) is 2.06. The van der Waals surface area contributed by atoms with Gasteiger partial charge in [-0.2, -0.15) is 16.4 Å². The van der Waals surface area contributed by atoms with Crippen LogP contribution in [-0.4, -0.2) is 35.1 Å². The van der Waals surface area contributed by atoms with Crippen LogP contribution in [0.4, 0.5) is 0 Å². The minimum Gasteiger partial charge on any atom is -0.321 e. The molecule has 0 aliphatic carbocycles. The lowest BCUT2D eigenvalue weighted by atomic mass is 10.0. The molecule has 0 saturated heterocycles. The summed E-state index contributed by atoms with van der Waals surface area (Å²) in [4.78, 5) is 21.4. The lowest BCUT2D eigenvalue weighted by Gasteiger charge is -2.04. The molecule has 0 aliphatic heterocycles. The number of rotatable bonds is 3. The summed E-state index contributed by atoms with van der Waals surface area (Å²) < 4.78 is 0. The molecule has 0 unspecified atom stereocenters. The quantitative estimate of drug-likeness (QED) is 0.429. The Hall–Kier alpha value is -3.91. The number of aryl methyl sites for hydroxylation is 1. The van der Waals surface area contributed by atoms with E-state index in [1.807, 2.05) is 24.5 Å². The number of aromatic amines is 2. The Morgan fingerprint density at radius 3 is 2.77 bits per heavy atom. The molecule has 7 nitrogen and oxygen atoms in total. The third-order valence-electron chi connectivity index (χ3n) is 5.21. The Morgan fingerprint density at radius 2 is 1.90 bits per heavy atom. The van der Waals surface area contributed by atoms with E-state index in [-0.39, 0.29) is 0 Å². The first-order valence-electron chi connectivity index (χ1n) is 9.41. The highest BCUT2D eigenvalue weighted by Gasteiger charge is 2.17. The standard InChI is InChI=1S/C22H15N7S/c1-12-2-5-23-10-17(12)14-8-16-19(28-29-20(16)25-9-14)22-26-18-15(13-4-7-30-11-13)3-6-24-21(18)27-22/h2-11H,1H3,(H,24,26,27)(H,25,28,29). The van der Waals surface area contributed by atoms with Gasteiger partial charge in [0, 0.05) is 41.5 Å². The fraction of sp³-hybridized carbons (Fsp3) is 0.0455. The van der Waals surface area contributed by atoms with E-state index in [2.05, 4.69) is 59.9 Å². The van der Waals surface area contributed by atoms with E-state index in [0.717, 1.165) is 50.1 Å². The molecular formula is C22H15N7S. The van der Waals surface area contributed by atoms with Crippen LogP contribution in [0.2, 0.25) is 0 Å². The van der Waals surface area contributed by atoms with Gasteiger partial charge in [-0.3, -0.25) is 10.1 Å². The Morgan fingerprint density at radius 1 is 0.933 bits per heavy atom. The number of H-pyrrole nitrogens is 2. The van der Waals surface area contributed by atoms with Crippen molar-refractivity contribution >= 4 is 33.5 Å². The minimum absolute atomic E-state index is 0.660. The van der Waals surface area contributed by atoms with E-state index in [4.69, 9.17) is 4.98 Å². The van der Waals surface area contributed by atoms with E-state index in [0.29, 0.717) is 11.5 Å². The second kappa shape index (κ2) is 6.57. The van der Waals surface area contributed by atoms with Crippen molar-refractivity contribution in [3.63, 3.8) is 0 Å². The van der Waals surface area contributed by atoms with Gasteiger partial charge in [0.05, 0.1) is 5.39 Å². The first-order valence-corrected chi connectivity index (χ1v) is 10.3. The molecule has 6 aromatic rings. The van der Waals surface area contributed by atoms with Crippen LogP contribution in [0.15, 0.2) is 59.8 Å². The lowest BCUT2D eigenvalue weighted by Crippen LogP contribution is -1.87. The van der Waals surface area contributed by atoms with Gasteiger partial charge in [0.15, 0.2) is 17.1 Å². The molecule has 0 fully saturated rings. The number of aromatic nitrogens is 7. The average molecular weight is 409 g/mol. The summed E-state index contributed by atoms with van der Waals surface area (Å²) in [6, 6.07) is 8.14. The molecule has 0 atom stereocenters. The van der Waals surface area contributed by atoms with Crippen LogP contribution >= 0.6 is 11.3 Å². The molecule has 0 bridgehead atoms. The van der Waals surface area contributed by atoms with Crippen LogP contribution in [-0.2, 0) is 0 Å². The number of imidazole rings is 1.